The maximum absolute atomic E-state index is 12.7. The second-order valence-corrected chi connectivity index (χ2v) is 7.36. The predicted molar refractivity (Wildman–Crippen MR) is 96.7 cm³/mol. The summed E-state index contributed by atoms with van der Waals surface area (Å²) in [6.07, 6.45) is 3.33. The van der Waals surface area contributed by atoms with E-state index in [2.05, 4.69) is 27.8 Å². The molecule has 1 fully saturated rings. The highest BCUT2D eigenvalue weighted by molar-refractivity contribution is 9.10. The van der Waals surface area contributed by atoms with Crippen LogP contribution in [0.4, 0.5) is 0 Å². The molecule has 1 aliphatic heterocycles. The summed E-state index contributed by atoms with van der Waals surface area (Å²) in [5.74, 6) is 0.501. The molecule has 0 aliphatic carbocycles. The highest BCUT2D eigenvalue weighted by Gasteiger charge is 2.29. The van der Waals surface area contributed by atoms with E-state index in [0.717, 1.165) is 17.3 Å². The topological polar surface area (TPSA) is 81.2 Å². The lowest BCUT2D eigenvalue weighted by atomic mass is 9.92. The number of nitrogens with two attached hydrogens (primary N) is 1. The standard InChI is InChI=1S/C17H21BrN4O2/c1-11-4-5-22(13(6-11)8-19)16(23)9-21-10-20-15-3-2-12(18)7-14(15)17(21)24/h2-3,7,10-11,13H,4-6,8-9,19H2,1H3. The zero-order valence-electron chi connectivity index (χ0n) is 13.6. The van der Waals surface area contributed by atoms with Crippen molar-refractivity contribution in [3.8, 4) is 0 Å². The molecule has 0 spiro atoms. The van der Waals surface area contributed by atoms with Gasteiger partial charge in [0.05, 0.1) is 17.2 Å². The van der Waals surface area contributed by atoms with Crippen molar-refractivity contribution in [1.82, 2.24) is 14.5 Å². The molecule has 1 aromatic carbocycles. The Hall–Kier alpha value is -1.73. The minimum Gasteiger partial charge on any atom is -0.337 e. The second-order valence-electron chi connectivity index (χ2n) is 6.45. The monoisotopic (exact) mass is 392 g/mol. The molecule has 3 rings (SSSR count). The van der Waals surface area contributed by atoms with Crippen molar-refractivity contribution in [1.29, 1.82) is 0 Å². The molecule has 0 bridgehead atoms. The number of piperidine rings is 1. The van der Waals surface area contributed by atoms with Crippen LogP contribution in [0.2, 0.25) is 0 Å². The van der Waals surface area contributed by atoms with Gasteiger partial charge in [-0.1, -0.05) is 22.9 Å². The molecule has 1 aromatic heterocycles. The Balaban J connectivity index is 1.85. The Bertz CT molecular complexity index is 820. The fourth-order valence-electron chi connectivity index (χ4n) is 3.28. The van der Waals surface area contributed by atoms with E-state index in [1.165, 1.54) is 10.9 Å². The lowest BCUT2D eigenvalue weighted by Gasteiger charge is -2.38. The smallest absolute Gasteiger partial charge is 0.261 e. The van der Waals surface area contributed by atoms with E-state index in [4.69, 9.17) is 5.73 Å². The Morgan fingerprint density at radius 2 is 2.25 bits per heavy atom. The number of aromatic nitrogens is 2. The number of benzene rings is 1. The van der Waals surface area contributed by atoms with Crippen LogP contribution in [0.1, 0.15) is 19.8 Å². The number of amides is 1. The minimum absolute atomic E-state index is 0.000826. The first kappa shape index (κ1) is 17.1. The summed E-state index contributed by atoms with van der Waals surface area (Å²) in [5.41, 5.74) is 6.25. The van der Waals surface area contributed by atoms with E-state index in [-0.39, 0.29) is 24.1 Å². The first-order valence-corrected chi connectivity index (χ1v) is 8.93. The number of carbonyl (C=O) groups is 1. The van der Waals surface area contributed by atoms with Gasteiger partial charge in [0.25, 0.3) is 5.56 Å². The van der Waals surface area contributed by atoms with Crippen molar-refractivity contribution in [2.24, 2.45) is 11.7 Å². The number of nitrogens with zero attached hydrogens (tertiary/aromatic N) is 3. The van der Waals surface area contributed by atoms with E-state index in [9.17, 15) is 9.59 Å². The van der Waals surface area contributed by atoms with Gasteiger partial charge in [0.1, 0.15) is 6.54 Å². The normalized spacial score (nSPS) is 21.2. The minimum atomic E-state index is -0.204. The first-order valence-electron chi connectivity index (χ1n) is 8.14. The molecule has 7 heteroatoms. The van der Waals surface area contributed by atoms with Crippen LogP contribution in [0.15, 0.2) is 33.8 Å². The number of rotatable bonds is 3. The van der Waals surface area contributed by atoms with Crippen LogP contribution in [0.3, 0.4) is 0 Å². The number of fused-ring (bicyclic) bond motifs is 1. The Kier molecular flexibility index (Phi) is 5.01. The van der Waals surface area contributed by atoms with Crippen LogP contribution in [-0.4, -0.2) is 39.5 Å². The molecular formula is C17H21BrN4O2. The van der Waals surface area contributed by atoms with Crippen molar-refractivity contribution < 1.29 is 4.79 Å². The maximum atomic E-state index is 12.7. The number of carbonyl (C=O) groups excluding carboxylic acids is 1. The van der Waals surface area contributed by atoms with E-state index >= 15 is 0 Å². The summed E-state index contributed by atoms with van der Waals surface area (Å²) in [5, 5.41) is 0.502. The number of hydrogen-bond acceptors (Lipinski definition) is 4. The SMILES string of the molecule is CC1CCN(C(=O)Cn2cnc3ccc(Br)cc3c2=O)C(CN)C1. The summed E-state index contributed by atoms with van der Waals surface area (Å²) in [6, 6.07) is 5.41. The average molecular weight is 393 g/mol. The maximum Gasteiger partial charge on any atom is 0.261 e. The zero-order chi connectivity index (χ0) is 17.3. The van der Waals surface area contributed by atoms with Gasteiger partial charge in [-0.15, -0.1) is 0 Å². The summed E-state index contributed by atoms with van der Waals surface area (Å²) >= 11 is 3.36. The van der Waals surface area contributed by atoms with Crippen LogP contribution >= 0.6 is 15.9 Å². The molecule has 24 heavy (non-hydrogen) atoms. The molecule has 2 unspecified atom stereocenters. The van der Waals surface area contributed by atoms with Gasteiger partial charge in [-0.2, -0.15) is 0 Å². The van der Waals surface area contributed by atoms with Gasteiger partial charge in [0.15, 0.2) is 0 Å². The second kappa shape index (κ2) is 7.03. The number of likely N-dealkylation sites (tertiary alicyclic amines) is 1. The molecule has 0 saturated carbocycles. The van der Waals surface area contributed by atoms with Gasteiger partial charge in [-0.05, 0) is 37.0 Å². The highest BCUT2D eigenvalue weighted by atomic mass is 79.9. The molecule has 1 amide bonds. The highest BCUT2D eigenvalue weighted by Crippen LogP contribution is 2.22. The fourth-order valence-corrected chi connectivity index (χ4v) is 3.64. The fraction of sp³-hybridized carbons (Fsp3) is 0.471. The van der Waals surface area contributed by atoms with Gasteiger partial charge < -0.3 is 10.6 Å². The van der Waals surface area contributed by atoms with Crippen molar-refractivity contribution in [2.45, 2.75) is 32.4 Å². The first-order chi connectivity index (χ1) is 11.5. The third kappa shape index (κ3) is 3.37. The molecule has 1 aliphatic rings. The predicted octanol–water partition coefficient (Wildman–Crippen LogP) is 1.74. The van der Waals surface area contributed by atoms with E-state index in [1.807, 2.05) is 11.0 Å². The van der Waals surface area contributed by atoms with Crippen LogP contribution in [0.5, 0.6) is 0 Å². The van der Waals surface area contributed by atoms with Gasteiger partial charge >= 0.3 is 0 Å². The Labute approximate surface area is 148 Å². The van der Waals surface area contributed by atoms with Crippen molar-refractivity contribution in [2.75, 3.05) is 13.1 Å². The summed E-state index contributed by atoms with van der Waals surface area (Å²) in [4.78, 5) is 31.4. The van der Waals surface area contributed by atoms with Gasteiger partial charge in [0, 0.05) is 23.6 Å². The lowest BCUT2D eigenvalue weighted by molar-refractivity contribution is -0.136. The number of hydrogen-bond donors (Lipinski definition) is 1. The number of halogens is 1. The zero-order valence-corrected chi connectivity index (χ0v) is 15.2. The molecule has 2 heterocycles. The van der Waals surface area contributed by atoms with Gasteiger partial charge in [-0.3, -0.25) is 14.2 Å². The molecule has 128 valence electrons. The quantitative estimate of drug-likeness (QED) is 0.862. The summed E-state index contributed by atoms with van der Waals surface area (Å²) < 4.78 is 2.19. The molecule has 6 nitrogen and oxygen atoms in total. The Morgan fingerprint density at radius 3 is 3.00 bits per heavy atom. The molecule has 2 atom stereocenters. The average Bonchev–Trinajstić information content (AvgIpc) is 2.57. The molecular weight excluding hydrogens is 372 g/mol. The van der Waals surface area contributed by atoms with E-state index < -0.39 is 0 Å². The van der Waals surface area contributed by atoms with E-state index in [0.29, 0.717) is 29.9 Å². The van der Waals surface area contributed by atoms with Crippen LogP contribution in [0, 0.1) is 5.92 Å². The summed E-state index contributed by atoms with van der Waals surface area (Å²) in [7, 11) is 0. The molecule has 2 aromatic rings. The lowest BCUT2D eigenvalue weighted by Crippen LogP contribution is -2.50. The van der Waals surface area contributed by atoms with Gasteiger partial charge in [0.2, 0.25) is 5.91 Å². The third-order valence-electron chi connectivity index (χ3n) is 4.66. The van der Waals surface area contributed by atoms with Crippen LogP contribution in [0.25, 0.3) is 10.9 Å². The Morgan fingerprint density at radius 1 is 1.46 bits per heavy atom. The largest absolute Gasteiger partial charge is 0.337 e. The van der Waals surface area contributed by atoms with Gasteiger partial charge in [-0.25, -0.2) is 4.98 Å². The van der Waals surface area contributed by atoms with Crippen molar-refractivity contribution in [3.63, 3.8) is 0 Å². The van der Waals surface area contributed by atoms with Crippen LogP contribution < -0.4 is 11.3 Å². The molecule has 2 N–H and O–H groups in total. The van der Waals surface area contributed by atoms with E-state index in [1.54, 1.807) is 12.1 Å². The van der Waals surface area contributed by atoms with Crippen molar-refractivity contribution in [3.05, 3.63) is 39.4 Å². The van der Waals surface area contributed by atoms with Crippen molar-refractivity contribution >= 4 is 32.7 Å². The third-order valence-corrected chi connectivity index (χ3v) is 5.16. The molecule has 1 saturated heterocycles. The molecule has 0 radical (unpaired) electrons. The summed E-state index contributed by atoms with van der Waals surface area (Å²) in [6.45, 7) is 3.33. The van der Waals surface area contributed by atoms with Crippen LogP contribution in [-0.2, 0) is 11.3 Å².